The third-order valence-electron chi connectivity index (χ3n) is 2.66. The van der Waals surface area contributed by atoms with Crippen LogP contribution in [-0.4, -0.2) is 39.2 Å². The predicted octanol–water partition coefficient (Wildman–Crippen LogP) is 2.25. The third kappa shape index (κ3) is 6.46. The highest BCUT2D eigenvalue weighted by molar-refractivity contribution is 8.14. The Balaban J connectivity index is 2.29. The van der Waals surface area contributed by atoms with Crippen LogP contribution in [0, 0.1) is 5.92 Å². The zero-order valence-electron chi connectivity index (χ0n) is 11.2. The van der Waals surface area contributed by atoms with Crippen LogP contribution in [0.25, 0.3) is 0 Å². The van der Waals surface area contributed by atoms with Crippen LogP contribution in [0.5, 0.6) is 0 Å². The lowest BCUT2D eigenvalue weighted by atomic mass is 10.1. The molecule has 3 atom stereocenters. The Bertz CT molecular complexity index is 292. The Hall–Kier alpha value is -0.0300. The van der Waals surface area contributed by atoms with Crippen LogP contribution in [0.15, 0.2) is 4.99 Å². The van der Waals surface area contributed by atoms with Crippen molar-refractivity contribution in [3.05, 3.63) is 0 Å². The van der Waals surface area contributed by atoms with Gasteiger partial charge < -0.3 is 5.32 Å². The van der Waals surface area contributed by atoms with Crippen molar-refractivity contribution < 1.29 is 4.21 Å². The van der Waals surface area contributed by atoms with Gasteiger partial charge in [-0.3, -0.25) is 9.20 Å². The van der Waals surface area contributed by atoms with E-state index in [1.165, 1.54) is 6.42 Å². The van der Waals surface area contributed by atoms with Crippen LogP contribution in [0.3, 0.4) is 0 Å². The number of hydrogen-bond donors (Lipinski definition) is 1. The molecule has 0 fully saturated rings. The molecule has 0 aromatic heterocycles. The molecule has 1 N–H and O–H groups in total. The van der Waals surface area contributed by atoms with E-state index in [9.17, 15) is 4.21 Å². The molecule has 5 heteroatoms. The average Bonchev–Trinajstić information content (AvgIpc) is 2.61. The van der Waals surface area contributed by atoms with Crippen molar-refractivity contribution in [1.29, 1.82) is 0 Å². The first-order valence-corrected chi connectivity index (χ1v) is 8.95. The quantitative estimate of drug-likeness (QED) is 0.809. The summed E-state index contributed by atoms with van der Waals surface area (Å²) in [6.07, 6.45) is 3.87. The van der Waals surface area contributed by atoms with E-state index in [-0.39, 0.29) is 0 Å². The fourth-order valence-electron chi connectivity index (χ4n) is 1.79. The Labute approximate surface area is 112 Å². The molecule has 100 valence electrons. The lowest BCUT2D eigenvalue weighted by Gasteiger charge is -2.13. The lowest BCUT2D eigenvalue weighted by Crippen LogP contribution is -2.31. The molecule has 17 heavy (non-hydrogen) atoms. The number of amidine groups is 1. The van der Waals surface area contributed by atoms with Gasteiger partial charge in [-0.05, 0) is 25.7 Å². The second kappa shape index (κ2) is 7.41. The van der Waals surface area contributed by atoms with E-state index in [1.54, 1.807) is 6.26 Å². The van der Waals surface area contributed by atoms with Crippen LogP contribution < -0.4 is 5.32 Å². The van der Waals surface area contributed by atoms with Crippen molar-refractivity contribution in [2.24, 2.45) is 10.9 Å². The van der Waals surface area contributed by atoms with Gasteiger partial charge in [-0.25, -0.2) is 0 Å². The van der Waals surface area contributed by atoms with E-state index in [1.807, 2.05) is 11.8 Å². The fourth-order valence-corrected chi connectivity index (χ4v) is 3.54. The molecule has 1 aliphatic rings. The number of thioether (sulfide) groups is 1. The smallest absolute Gasteiger partial charge is 0.157 e. The van der Waals surface area contributed by atoms with Crippen molar-refractivity contribution in [3.63, 3.8) is 0 Å². The molecule has 0 saturated carbocycles. The summed E-state index contributed by atoms with van der Waals surface area (Å²) >= 11 is 1.82. The highest BCUT2D eigenvalue weighted by atomic mass is 32.2. The standard InChI is InChI=1S/C12H24N2OS2/c1-9(2)7-11-8-16-12(14-11)13-10(3)5-6-17(4)15/h9-11H,5-8H2,1-4H3,(H,13,14). The van der Waals surface area contributed by atoms with Gasteiger partial charge >= 0.3 is 0 Å². The SMILES string of the molecule is CC(C)CC1CSC(NC(C)CCS(C)=O)=N1. The molecule has 1 rings (SSSR count). The van der Waals surface area contributed by atoms with Crippen molar-refractivity contribution >= 4 is 27.7 Å². The minimum Gasteiger partial charge on any atom is -0.362 e. The van der Waals surface area contributed by atoms with Gasteiger partial charge in [-0.1, -0.05) is 25.6 Å². The van der Waals surface area contributed by atoms with E-state index in [0.29, 0.717) is 18.0 Å². The zero-order chi connectivity index (χ0) is 12.8. The maximum Gasteiger partial charge on any atom is 0.157 e. The Morgan fingerprint density at radius 2 is 2.24 bits per heavy atom. The number of aliphatic imine (C=N–C) groups is 1. The van der Waals surface area contributed by atoms with Gasteiger partial charge in [0.1, 0.15) is 0 Å². The predicted molar refractivity (Wildman–Crippen MR) is 79.3 cm³/mol. The van der Waals surface area contributed by atoms with E-state index in [0.717, 1.165) is 23.1 Å². The molecule has 0 aliphatic carbocycles. The maximum atomic E-state index is 11.0. The molecule has 0 aromatic carbocycles. The van der Waals surface area contributed by atoms with Crippen molar-refractivity contribution in [3.8, 4) is 0 Å². The largest absolute Gasteiger partial charge is 0.362 e. The number of hydrogen-bond acceptors (Lipinski definition) is 4. The van der Waals surface area contributed by atoms with Gasteiger partial charge in [0.05, 0.1) is 6.04 Å². The zero-order valence-corrected chi connectivity index (χ0v) is 12.9. The molecule has 3 unspecified atom stereocenters. The van der Waals surface area contributed by atoms with Gasteiger partial charge in [0.2, 0.25) is 0 Å². The second-order valence-electron chi connectivity index (χ2n) is 5.14. The van der Waals surface area contributed by atoms with E-state index in [2.05, 4.69) is 31.1 Å². The van der Waals surface area contributed by atoms with Crippen molar-refractivity contribution in [2.45, 2.75) is 45.7 Å². The topological polar surface area (TPSA) is 41.5 Å². The van der Waals surface area contributed by atoms with E-state index >= 15 is 0 Å². The monoisotopic (exact) mass is 276 g/mol. The van der Waals surface area contributed by atoms with Crippen LogP contribution in [0.1, 0.15) is 33.6 Å². The number of nitrogens with zero attached hydrogens (tertiary/aromatic N) is 1. The Morgan fingerprint density at radius 1 is 1.53 bits per heavy atom. The van der Waals surface area contributed by atoms with Gasteiger partial charge in [0, 0.05) is 34.6 Å². The summed E-state index contributed by atoms with van der Waals surface area (Å²) in [7, 11) is -0.691. The first kappa shape index (κ1) is 15.0. The molecule has 0 radical (unpaired) electrons. The molecular formula is C12H24N2OS2. The molecule has 1 aliphatic heterocycles. The molecule has 0 bridgehead atoms. The molecule has 3 nitrogen and oxygen atoms in total. The lowest BCUT2D eigenvalue weighted by molar-refractivity contribution is 0.527. The minimum absolute atomic E-state index is 0.364. The molecule has 0 saturated heterocycles. The summed E-state index contributed by atoms with van der Waals surface area (Å²) in [5, 5.41) is 4.49. The highest BCUT2D eigenvalue weighted by Gasteiger charge is 2.20. The first-order valence-electron chi connectivity index (χ1n) is 6.24. The highest BCUT2D eigenvalue weighted by Crippen LogP contribution is 2.22. The summed E-state index contributed by atoms with van der Waals surface area (Å²) in [5.41, 5.74) is 0. The number of nitrogens with one attached hydrogen (secondary N) is 1. The normalized spacial score (nSPS) is 23.6. The van der Waals surface area contributed by atoms with E-state index < -0.39 is 10.8 Å². The molecule has 0 spiro atoms. The minimum atomic E-state index is -0.691. The van der Waals surface area contributed by atoms with Crippen LogP contribution in [0.4, 0.5) is 0 Å². The third-order valence-corrected chi connectivity index (χ3v) is 4.52. The summed E-state index contributed by atoms with van der Waals surface area (Å²) in [5.74, 6) is 2.58. The van der Waals surface area contributed by atoms with Gasteiger partial charge in [-0.2, -0.15) is 0 Å². The molecule has 1 heterocycles. The molecule has 0 amide bonds. The van der Waals surface area contributed by atoms with Gasteiger partial charge in [-0.15, -0.1) is 0 Å². The summed E-state index contributed by atoms with van der Waals surface area (Å²) in [6.45, 7) is 6.61. The Kier molecular flexibility index (Phi) is 6.55. The summed E-state index contributed by atoms with van der Waals surface area (Å²) in [6, 6.07) is 0.845. The fraction of sp³-hybridized carbons (Fsp3) is 0.917. The Morgan fingerprint density at radius 3 is 2.82 bits per heavy atom. The summed E-state index contributed by atoms with van der Waals surface area (Å²) < 4.78 is 11.0. The summed E-state index contributed by atoms with van der Waals surface area (Å²) in [4.78, 5) is 4.69. The van der Waals surface area contributed by atoms with E-state index in [4.69, 9.17) is 0 Å². The number of rotatable bonds is 6. The van der Waals surface area contributed by atoms with Crippen LogP contribution in [0.2, 0.25) is 0 Å². The van der Waals surface area contributed by atoms with Crippen LogP contribution >= 0.6 is 11.8 Å². The van der Waals surface area contributed by atoms with Gasteiger partial charge in [0.15, 0.2) is 5.17 Å². The van der Waals surface area contributed by atoms with Gasteiger partial charge in [0.25, 0.3) is 0 Å². The van der Waals surface area contributed by atoms with Crippen molar-refractivity contribution in [1.82, 2.24) is 5.32 Å². The second-order valence-corrected chi connectivity index (χ2v) is 7.70. The van der Waals surface area contributed by atoms with Crippen molar-refractivity contribution in [2.75, 3.05) is 17.8 Å². The van der Waals surface area contributed by atoms with Crippen LogP contribution in [-0.2, 0) is 10.8 Å². The maximum absolute atomic E-state index is 11.0. The average molecular weight is 276 g/mol. The molecular weight excluding hydrogens is 252 g/mol. The molecule has 0 aromatic rings. The first-order chi connectivity index (χ1) is 7.97.